The molecule has 1 saturated heterocycles. The summed E-state index contributed by atoms with van der Waals surface area (Å²) in [4.78, 5) is 25.8. The second kappa shape index (κ2) is 10.7. The van der Waals surface area contributed by atoms with Gasteiger partial charge in [-0.1, -0.05) is 6.42 Å². The zero-order chi connectivity index (χ0) is 26.0. The molecule has 0 spiro atoms. The number of ether oxygens (including phenoxy) is 2. The van der Waals surface area contributed by atoms with Crippen molar-refractivity contribution in [3.63, 3.8) is 0 Å². The van der Waals surface area contributed by atoms with Crippen LogP contribution < -0.4 is 10.1 Å². The zero-order valence-electron chi connectivity index (χ0n) is 20.3. The summed E-state index contributed by atoms with van der Waals surface area (Å²) in [6.45, 7) is 3.51. The van der Waals surface area contributed by atoms with Crippen molar-refractivity contribution in [2.75, 3.05) is 19.8 Å². The van der Waals surface area contributed by atoms with E-state index in [4.69, 9.17) is 9.47 Å². The molecule has 0 bridgehead atoms. The van der Waals surface area contributed by atoms with Gasteiger partial charge in [0.1, 0.15) is 10.8 Å². The molecular weight excluding hydrogens is 505 g/mol. The van der Waals surface area contributed by atoms with E-state index in [0.29, 0.717) is 41.9 Å². The molecule has 3 aromatic rings. The maximum absolute atomic E-state index is 13.2. The topological polar surface area (TPSA) is 86.2 Å². The van der Waals surface area contributed by atoms with Gasteiger partial charge in [-0.2, -0.15) is 13.2 Å². The van der Waals surface area contributed by atoms with Crippen LogP contribution >= 0.6 is 11.3 Å². The fraction of sp³-hybridized carbons (Fsp3) is 0.462. The highest BCUT2D eigenvalue weighted by Gasteiger charge is 2.34. The number of aromatic nitrogens is 3. The number of nitrogens with zero attached hydrogens (tertiary/aromatic N) is 3. The fourth-order valence-electron chi connectivity index (χ4n) is 4.24. The molecule has 1 unspecified atom stereocenters. The Kier molecular flexibility index (Phi) is 7.43. The largest absolute Gasteiger partial charge is 0.493 e. The van der Waals surface area contributed by atoms with Gasteiger partial charge in [-0.05, 0) is 50.3 Å². The van der Waals surface area contributed by atoms with Gasteiger partial charge in [0.25, 0.3) is 5.91 Å². The van der Waals surface area contributed by atoms with Gasteiger partial charge in [-0.25, -0.2) is 15.0 Å². The summed E-state index contributed by atoms with van der Waals surface area (Å²) in [5.41, 5.74) is 1.52. The molecule has 3 heterocycles. The molecule has 1 N–H and O–H groups in total. The Hall–Kier alpha value is -3.05. The highest BCUT2D eigenvalue weighted by molar-refractivity contribution is 7.15. The maximum Gasteiger partial charge on any atom is 0.451 e. The molecule has 1 aliphatic heterocycles. The van der Waals surface area contributed by atoms with Gasteiger partial charge >= 0.3 is 6.18 Å². The molecule has 2 aliphatic rings. The predicted octanol–water partition coefficient (Wildman–Crippen LogP) is 5.79. The quantitative estimate of drug-likeness (QED) is 0.395. The normalized spacial score (nSPS) is 18.9. The van der Waals surface area contributed by atoms with Crippen LogP contribution in [0.5, 0.6) is 5.75 Å². The molecule has 1 aliphatic carbocycles. The number of hydrogen-bond acceptors (Lipinski definition) is 7. The SMILES string of the molecule is CC(NC(=O)c1cc(OC[C@@H]2CCOC2)cc(-c2ncc(C3CCC3)s2)c1)c1cnc(C(F)(F)F)nc1. The average molecular weight is 533 g/mol. The summed E-state index contributed by atoms with van der Waals surface area (Å²) in [5.74, 6) is -0.200. The highest BCUT2D eigenvalue weighted by atomic mass is 32.1. The van der Waals surface area contributed by atoms with Crippen LogP contribution in [0.1, 0.15) is 71.2 Å². The van der Waals surface area contributed by atoms with Crippen LogP contribution in [-0.4, -0.2) is 40.7 Å². The summed E-state index contributed by atoms with van der Waals surface area (Å²) >= 11 is 1.63. The highest BCUT2D eigenvalue weighted by Crippen LogP contribution is 2.41. The Balaban J connectivity index is 1.35. The van der Waals surface area contributed by atoms with Crippen LogP contribution in [-0.2, 0) is 10.9 Å². The molecule has 5 rings (SSSR count). The Morgan fingerprint density at radius 2 is 1.95 bits per heavy atom. The van der Waals surface area contributed by atoms with E-state index in [1.165, 1.54) is 24.1 Å². The third kappa shape index (κ3) is 6.10. The van der Waals surface area contributed by atoms with E-state index in [-0.39, 0.29) is 5.91 Å². The predicted molar refractivity (Wildman–Crippen MR) is 131 cm³/mol. The monoisotopic (exact) mass is 532 g/mol. The number of hydrogen-bond donors (Lipinski definition) is 1. The summed E-state index contributed by atoms with van der Waals surface area (Å²) in [7, 11) is 0. The lowest BCUT2D eigenvalue weighted by molar-refractivity contribution is -0.145. The fourth-order valence-corrected chi connectivity index (χ4v) is 5.31. The summed E-state index contributed by atoms with van der Waals surface area (Å²) in [6, 6.07) is 4.72. The first-order valence-corrected chi connectivity index (χ1v) is 13.1. The standard InChI is InChI=1S/C26H27F3N4O3S/c1-15(20-10-31-25(32-11-20)26(27,28)29)33-23(34)18-7-19(24-30-12-22(37-24)17-3-2-4-17)9-21(8-18)36-14-16-5-6-35-13-16/h7-12,15-17H,2-6,13-14H2,1H3,(H,33,34)/t15?,16-/m1/s1. The molecule has 7 nitrogen and oxygen atoms in total. The summed E-state index contributed by atoms with van der Waals surface area (Å²) in [5, 5.41) is 3.64. The zero-order valence-corrected chi connectivity index (χ0v) is 21.1. The lowest BCUT2D eigenvalue weighted by Crippen LogP contribution is -2.27. The van der Waals surface area contributed by atoms with Gasteiger partial charge < -0.3 is 14.8 Å². The van der Waals surface area contributed by atoms with Crippen LogP contribution in [0.25, 0.3) is 10.6 Å². The Bertz CT molecular complexity index is 1240. The van der Waals surface area contributed by atoms with E-state index in [9.17, 15) is 18.0 Å². The van der Waals surface area contributed by atoms with E-state index in [1.54, 1.807) is 30.4 Å². The maximum atomic E-state index is 13.2. The van der Waals surface area contributed by atoms with E-state index in [1.807, 2.05) is 12.3 Å². The second-order valence-electron chi connectivity index (χ2n) is 9.52. The third-order valence-corrected chi connectivity index (χ3v) is 7.94. The number of benzene rings is 1. The van der Waals surface area contributed by atoms with E-state index in [2.05, 4.69) is 20.3 Å². The van der Waals surface area contributed by atoms with Crippen LogP contribution in [0.4, 0.5) is 13.2 Å². The molecular formula is C26H27F3N4O3S. The van der Waals surface area contributed by atoms with Crippen molar-refractivity contribution in [1.82, 2.24) is 20.3 Å². The number of nitrogens with one attached hydrogen (secondary N) is 1. The number of thiazole rings is 1. The first-order chi connectivity index (χ1) is 17.8. The summed E-state index contributed by atoms with van der Waals surface area (Å²) in [6.07, 6.45) is 3.96. The minimum Gasteiger partial charge on any atom is -0.493 e. The van der Waals surface area contributed by atoms with Gasteiger partial charge in [-0.3, -0.25) is 4.79 Å². The van der Waals surface area contributed by atoms with Crippen molar-refractivity contribution in [2.24, 2.45) is 5.92 Å². The number of carbonyl (C=O) groups is 1. The Labute approximate surface area is 216 Å². The Morgan fingerprint density at radius 3 is 2.59 bits per heavy atom. The van der Waals surface area contributed by atoms with Crippen LogP contribution in [0, 0.1) is 5.92 Å². The van der Waals surface area contributed by atoms with Gasteiger partial charge in [0, 0.05) is 52.7 Å². The molecule has 2 fully saturated rings. The number of rotatable bonds is 8. The van der Waals surface area contributed by atoms with Gasteiger partial charge in [0.2, 0.25) is 5.82 Å². The van der Waals surface area contributed by atoms with Crippen LogP contribution in [0.15, 0.2) is 36.8 Å². The third-order valence-electron chi connectivity index (χ3n) is 6.73. The molecule has 37 heavy (non-hydrogen) atoms. The molecule has 1 saturated carbocycles. The number of alkyl halides is 3. The number of carbonyl (C=O) groups excluding carboxylic acids is 1. The summed E-state index contributed by atoms with van der Waals surface area (Å²) < 4.78 is 49.8. The number of amides is 1. The van der Waals surface area contributed by atoms with Gasteiger partial charge in [0.05, 0.1) is 19.3 Å². The van der Waals surface area contributed by atoms with E-state index < -0.39 is 18.0 Å². The molecule has 1 aromatic carbocycles. The first kappa shape index (κ1) is 25.6. The lowest BCUT2D eigenvalue weighted by atomic mass is 9.85. The van der Waals surface area contributed by atoms with E-state index >= 15 is 0 Å². The van der Waals surface area contributed by atoms with Gasteiger partial charge in [-0.15, -0.1) is 11.3 Å². The second-order valence-corrected chi connectivity index (χ2v) is 10.6. The van der Waals surface area contributed by atoms with Crippen molar-refractivity contribution >= 4 is 17.2 Å². The van der Waals surface area contributed by atoms with E-state index in [0.717, 1.165) is 36.0 Å². The van der Waals surface area contributed by atoms with Crippen molar-refractivity contribution in [2.45, 2.75) is 50.7 Å². The molecule has 2 aromatic heterocycles. The van der Waals surface area contributed by atoms with Crippen molar-refractivity contribution in [1.29, 1.82) is 0 Å². The number of halogens is 3. The first-order valence-electron chi connectivity index (χ1n) is 12.3. The molecule has 2 atom stereocenters. The average Bonchev–Trinajstić information content (AvgIpc) is 3.54. The van der Waals surface area contributed by atoms with Crippen molar-refractivity contribution < 1.29 is 27.4 Å². The Morgan fingerprint density at radius 1 is 1.16 bits per heavy atom. The smallest absolute Gasteiger partial charge is 0.451 e. The van der Waals surface area contributed by atoms with Crippen LogP contribution in [0.2, 0.25) is 0 Å². The minimum atomic E-state index is -4.62. The molecule has 0 radical (unpaired) electrons. The lowest BCUT2D eigenvalue weighted by Gasteiger charge is -2.23. The molecule has 196 valence electrons. The van der Waals surface area contributed by atoms with Gasteiger partial charge in [0.15, 0.2) is 0 Å². The van der Waals surface area contributed by atoms with Crippen molar-refractivity contribution in [3.05, 3.63) is 58.6 Å². The van der Waals surface area contributed by atoms with Crippen LogP contribution in [0.3, 0.4) is 0 Å². The molecule has 11 heteroatoms. The minimum absolute atomic E-state index is 0.297. The molecule has 1 amide bonds. The van der Waals surface area contributed by atoms with Crippen molar-refractivity contribution in [3.8, 4) is 16.3 Å².